The number of esters is 1. The summed E-state index contributed by atoms with van der Waals surface area (Å²) in [6.07, 6.45) is 32.5. The minimum atomic E-state index is -0.358. The van der Waals surface area contributed by atoms with Crippen molar-refractivity contribution >= 4 is 5.97 Å². The molecule has 2 aliphatic rings. The van der Waals surface area contributed by atoms with E-state index in [1.54, 1.807) is 6.07 Å². The number of unbranched alkanes of at least 4 members (excludes halogenated alkanes) is 11. The average molecular weight is 729 g/mol. The van der Waals surface area contributed by atoms with Gasteiger partial charge in [0.25, 0.3) is 0 Å². The van der Waals surface area contributed by atoms with Gasteiger partial charge in [0.05, 0.1) is 38.1 Å². The Kier molecular flexibility index (Phi) is 25.4. The van der Waals surface area contributed by atoms with Gasteiger partial charge in [0.1, 0.15) is 11.5 Å². The van der Waals surface area contributed by atoms with E-state index in [0.29, 0.717) is 56.7 Å². The molecule has 0 amide bonds. The fraction of sp³-hybridized carbons (Fsp3) is 0.750. The SMILES string of the molecule is CCCCC/C=C\C/C=C\CCCCCCCCOc1cc(C(=O)OCCCCOC2CCCCO2)cc(OCCCCOC2CCCOC2)c1C. The van der Waals surface area contributed by atoms with Crippen LogP contribution in [0, 0.1) is 6.92 Å². The van der Waals surface area contributed by atoms with Gasteiger partial charge in [-0.05, 0) is 115 Å². The fourth-order valence-corrected chi connectivity index (χ4v) is 6.34. The molecule has 0 spiro atoms. The zero-order chi connectivity index (χ0) is 36.7. The highest BCUT2D eigenvalue weighted by molar-refractivity contribution is 5.90. The maximum absolute atomic E-state index is 13.1. The van der Waals surface area contributed by atoms with Crippen LogP contribution in [0.25, 0.3) is 0 Å². The lowest BCUT2D eigenvalue weighted by Gasteiger charge is -2.22. The van der Waals surface area contributed by atoms with Crippen molar-refractivity contribution in [2.45, 2.75) is 161 Å². The number of rotatable bonds is 30. The Balaban J connectivity index is 1.35. The second kappa shape index (κ2) is 30.0. The fourth-order valence-electron chi connectivity index (χ4n) is 6.34. The van der Waals surface area contributed by atoms with Gasteiger partial charge in [-0.3, -0.25) is 0 Å². The first-order valence-corrected chi connectivity index (χ1v) is 21.0. The molecule has 0 aliphatic carbocycles. The molecule has 0 saturated carbocycles. The molecule has 0 bridgehead atoms. The Labute approximate surface area is 316 Å². The summed E-state index contributed by atoms with van der Waals surface area (Å²) in [6.45, 7) is 9.36. The highest BCUT2D eigenvalue weighted by atomic mass is 16.7. The molecule has 1 aromatic rings. The lowest BCUT2D eigenvalue weighted by Crippen LogP contribution is -2.25. The van der Waals surface area contributed by atoms with Gasteiger partial charge in [-0.15, -0.1) is 0 Å². The van der Waals surface area contributed by atoms with Crippen LogP contribution in [0.4, 0.5) is 0 Å². The summed E-state index contributed by atoms with van der Waals surface area (Å²) in [5.74, 6) is 1.00. The first-order valence-electron chi connectivity index (χ1n) is 21.0. The van der Waals surface area contributed by atoms with Crippen LogP contribution in [0.1, 0.15) is 158 Å². The summed E-state index contributed by atoms with van der Waals surface area (Å²) < 4.78 is 41.0. The molecule has 2 unspecified atom stereocenters. The smallest absolute Gasteiger partial charge is 0.338 e. The minimum Gasteiger partial charge on any atom is -0.493 e. The molecule has 2 aliphatic heterocycles. The molecular formula is C44H72O8. The van der Waals surface area contributed by atoms with Crippen LogP contribution in [0.3, 0.4) is 0 Å². The summed E-state index contributed by atoms with van der Waals surface area (Å²) in [4.78, 5) is 13.1. The van der Waals surface area contributed by atoms with E-state index in [1.807, 2.05) is 13.0 Å². The van der Waals surface area contributed by atoms with Crippen LogP contribution in [0.2, 0.25) is 0 Å². The van der Waals surface area contributed by atoms with Crippen molar-refractivity contribution < 1.29 is 38.0 Å². The zero-order valence-electron chi connectivity index (χ0n) is 32.9. The van der Waals surface area contributed by atoms with E-state index in [9.17, 15) is 4.79 Å². The summed E-state index contributed by atoms with van der Waals surface area (Å²) in [5, 5.41) is 0. The summed E-state index contributed by atoms with van der Waals surface area (Å²) in [7, 11) is 0. The molecule has 0 aromatic heterocycles. The molecule has 52 heavy (non-hydrogen) atoms. The minimum absolute atomic E-state index is 0.0882. The Morgan fingerprint density at radius 3 is 2.00 bits per heavy atom. The third-order valence-corrected chi connectivity index (χ3v) is 9.63. The predicted molar refractivity (Wildman–Crippen MR) is 210 cm³/mol. The Bertz CT molecular complexity index is 1090. The van der Waals surface area contributed by atoms with Crippen molar-refractivity contribution in [3.63, 3.8) is 0 Å². The third-order valence-electron chi connectivity index (χ3n) is 9.63. The first kappa shape index (κ1) is 44.0. The molecule has 8 nitrogen and oxygen atoms in total. The van der Waals surface area contributed by atoms with E-state index >= 15 is 0 Å². The molecule has 8 heteroatoms. The zero-order valence-corrected chi connectivity index (χ0v) is 32.9. The number of hydrogen-bond donors (Lipinski definition) is 0. The lowest BCUT2D eigenvalue weighted by molar-refractivity contribution is -0.163. The first-order chi connectivity index (χ1) is 25.7. The van der Waals surface area contributed by atoms with Gasteiger partial charge in [-0.25, -0.2) is 4.79 Å². The monoisotopic (exact) mass is 729 g/mol. The predicted octanol–water partition coefficient (Wildman–Crippen LogP) is 11.0. The number of ether oxygens (including phenoxy) is 7. The second-order valence-corrected chi connectivity index (χ2v) is 14.3. The second-order valence-electron chi connectivity index (χ2n) is 14.3. The molecule has 0 N–H and O–H groups in total. The maximum atomic E-state index is 13.1. The molecule has 2 atom stereocenters. The average Bonchev–Trinajstić information content (AvgIpc) is 3.17. The normalized spacial score (nSPS) is 18.0. The van der Waals surface area contributed by atoms with Gasteiger partial charge in [0.15, 0.2) is 6.29 Å². The number of hydrogen-bond acceptors (Lipinski definition) is 8. The van der Waals surface area contributed by atoms with Crippen molar-refractivity contribution in [2.24, 2.45) is 0 Å². The van der Waals surface area contributed by atoms with Crippen LogP contribution in [-0.4, -0.2) is 71.2 Å². The van der Waals surface area contributed by atoms with Crippen LogP contribution < -0.4 is 9.47 Å². The quantitative estimate of drug-likeness (QED) is 0.0440. The maximum Gasteiger partial charge on any atom is 0.338 e. The van der Waals surface area contributed by atoms with Gasteiger partial charge in [0.2, 0.25) is 0 Å². The third kappa shape index (κ3) is 20.7. The van der Waals surface area contributed by atoms with Crippen LogP contribution in [-0.2, 0) is 23.7 Å². The number of carbonyl (C=O) groups excluding carboxylic acids is 1. The van der Waals surface area contributed by atoms with E-state index in [-0.39, 0.29) is 18.4 Å². The van der Waals surface area contributed by atoms with E-state index in [4.69, 9.17) is 33.2 Å². The van der Waals surface area contributed by atoms with Crippen LogP contribution >= 0.6 is 0 Å². The summed E-state index contributed by atoms with van der Waals surface area (Å²) in [6, 6.07) is 3.61. The van der Waals surface area contributed by atoms with Crippen molar-refractivity contribution in [1.29, 1.82) is 0 Å². The molecule has 2 saturated heterocycles. The number of allylic oxidation sites excluding steroid dienone is 4. The molecule has 296 valence electrons. The van der Waals surface area contributed by atoms with Gasteiger partial charge in [-0.1, -0.05) is 69.8 Å². The topological polar surface area (TPSA) is 81.7 Å². The van der Waals surface area contributed by atoms with Crippen molar-refractivity contribution in [1.82, 2.24) is 0 Å². The summed E-state index contributed by atoms with van der Waals surface area (Å²) in [5.41, 5.74) is 1.37. The van der Waals surface area contributed by atoms with Gasteiger partial charge in [-0.2, -0.15) is 0 Å². The number of carbonyl (C=O) groups is 1. The number of benzene rings is 1. The van der Waals surface area contributed by atoms with Crippen molar-refractivity contribution in [2.75, 3.05) is 52.9 Å². The molecule has 3 rings (SSSR count). The van der Waals surface area contributed by atoms with Gasteiger partial charge < -0.3 is 33.2 Å². The summed E-state index contributed by atoms with van der Waals surface area (Å²) >= 11 is 0. The van der Waals surface area contributed by atoms with Gasteiger partial charge in [0, 0.05) is 32.0 Å². The Morgan fingerprint density at radius 1 is 0.692 bits per heavy atom. The molecular weight excluding hydrogens is 656 g/mol. The van der Waals surface area contributed by atoms with E-state index in [0.717, 1.165) is 95.8 Å². The van der Waals surface area contributed by atoms with E-state index in [1.165, 1.54) is 57.8 Å². The highest BCUT2D eigenvalue weighted by Crippen LogP contribution is 2.31. The molecule has 2 heterocycles. The van der Waals surface area contributed by atoms with Gasteiger partial charge >= 0.3 is 5.97 Å². The molecule has 2 fully saturated rings. The molecule has 1 aromatic carbocycles. The lowest BCUT2D eigenvalue weighted by atomic mass is 10.1. The van der Waals surface area contributed by atoms with E-state index in [2.05, 4.69) is 31.2 Å². The van der Waals surface area contributed by atoms with Crippen molar-refractivity contribution in [3.8, 4) is 11.5 Å². The van der Waals surface area contributed by atoms with Crippen LogP contribution in [0.15, 0.2) is 36.4 Å². The largest absolute Gasteiger partial charge is 0.493 e. The van der Waals surface area contributed by atoms with E-state index < -0.39 is 0 Å². The Morgan fingerprint density at radius 2 is 1.33 bits per heavy atom. The standard InChI is InChI=1S/C44H72O8/c1-3-4-5-6-7-8-9-10-11-12-13-14-15-16-17-19-30-48-41-35-39(44(45)52-34-24-23-33-51-43-27-18-20-32-50-43)36-42(38(41)2)49-31-22-21-29-47-40-26-25-28-46-37-40/h7-8,10-11,35-36,40,43H,3-6,9,12-34,37H2,1-2H3/b8-7-,11-10-. The molecule has 0 radical (unpaired) electrons. The van der Waals surface area contributed by atoms with Crippen molar-refractivity contribution in [3.05, 3.63) is 47.6 Å². The van der Waals surface area contributed by atoms with Crippen LogP contribution in [0.5, 0.6) is 11.5 Å². The Hall–Kier alpha value is -2.39. The highest BCUT2D eigenvalue weighted by Gasteiger charge is 2.17.